The molecule has 0 aliphatic carbocycles. The number of likely N-dealkylation sites (tertiary alicyclic amines) is 2. The Kier molecular flexibility index (Phi) is 8.62. The maximum absolute atomic E-state index is 5.79. The van der Waals surface area contributed by atoms with Gasteiger partial charge in [0.1, 0.15) is 0 Å². The van der Waals surface area contributed by atoms with Gasteiger partial charge in [-0.3, -0.25) is 9.89 Å². The molecule has 0 radical (unpaired) electrons. The Morgan fingerprint density at radius 3 is 2.87 bits per heavy atom. The smallest absolute Gasteiger partial charge is 0.193 e. The SMILES string of the molecule is CN=C(NCCCOCC1CCCO1)N1CCC2C(CCCN2Cc2ccccc2)C1. The first-order chi connectivity index (χ1) is 15.3. The predicted molar refractivity (Wildman–Crippen MR) is 125 cm³/mol. The molecule has 4 rings (SSSR count). The second-order valence-corrected chi connectivity index (χ2v) is 9.20. The van der Waals surface area contributed by atoms with E-state index in [2.05, 4.69) is 50.4 Å². The molecular formula is C25H40N4O2. The zero-order valence-corrected chi connectivity index (χ0v) is 19.2. The third-order valence-corrected chi connectivity index (χ3v) is 7.00. The molecule has 3 saturated heterocycles. The fourth-order valence-electron chi connectivity index (χ4n) is 5.41. The third kappa shape index (κ3) is 6.43. The average molecular weight is 429 g/mol. The molecule has 3 aliphatic rings. The van der Waals surface area contributed by atoms with Crippen LogP contribution in [0.25, 0.3) is 0 Å². The van der Waals surface area contributed by atoms with Gasteiger partial charge in [0.2, 0.25) is 0 Å². The van der Waals surface area contributed by atoms with Crippen LogP contribution in [0.15, 0.2) is 35.3 Å². The lowest BCUT2D eigenvalue weighted by Gasteiger charge is -2.48. The van der Waals surface area contributed by atoms with Gasteiger partial charge in [-0.15, -0.1) is 0 Å². The number of ether oxygens (including phenoxy) is 2. The van der Waals surface area contributed by atoms with Gasteiger partial charge in [0.25, 0.3) is 0 Å². The number of rotatable bonds is 8. The minimum Gasteiger partial charge on any atom is -0.379 e. The van der Waals surface area contributed by atoms with Crippen LogP contribution in [0.1, 0.15) is 44.1 Å². The number of guanidine groups is 1. The maximum Gasteiger partial charge on any atom is 0.193 e. The molecule has 0 bridgehead atoms. The molecule has 0 aromatic heterocycles. The van der Waals surface area contributed by atoms with E-state index < -0.39 is 0 Å². The van der Waals surface area contributed by atoms with Gasteiger partial charge in [0, 0.05) is 52.5 Å². The van der Waals surface area contributed by atoms with Crippen LogP contribution in [0.4, 0.5) is 0 Å². The highest BCUT2D eigenvalue weighted by Gasteiger charge is 2.36. The Labute approximate surface area is 188 Å². The maximum atomic E-state index is 5.79. The van der Waals surface area contributed by atoms with Crippen molar-refractivity contribution in [2.45, 2.75) is 57.2 Å². The fraction of sp³-hybridized carbons (Fsp3) is 0.720. The second kappa shape index (κ2) is 11.8. The van der Waals surface area contributed by atoms with E-state index in [9.17, 15) is 0 Å². The molecule has 1 aromatic carbocycles. The number of nitrogens with zero attached hydrogens (tertiary/aromatic N) is 3. The van der Waals surface area contributed by atoms with Crippen LogP contribution in [0, 0.1) is 5.92 Å². The van der Waals surface area contributed by atoms with Crippen molar-refractivity contribution in [2.75, 3.05) is 53.0 Å². The van der Waals surface area contributed by atoms with Crippen LogP contribution in [0.2, 0.25) is 0 Å². The largest absolute Gasteiger partial charge is 0.379 e. The molecular weight excluding hydrogens is 388 g/mol. The monoisotopic (exact) mass is 428 g/mol. The van der Waals surface area contributed by atoms with E-state index in [0.29, 0.717) is 12.1 Å². The van der Waals surface area contributed by atoms with Gasteiger partial charge in [-0.05, 0) is 56.6 Å². The highest BCUT2D eigenvalue weighted by molar-refractivity contribution is 5.80. The van der Waals surface area contributed by atoms with Crippen LogP contribution in [0.3, 0.4) is 0 Å². The predicted octanol–water partition coefficient (Wildman–Crippen LogP) is 3.13. The summed E-state index contributed by atoms with van der Waals surface area (Å²) in [4.78, 5) is 9.77. The zero-order chi connectivity index (χ0) is 21.3. The molecule has 0 saturated carbocycles. The summed E-state index contributed by atoms with van der Waals surface area (Å²) in [6.45, 7) is 7.84. The molecule has 172 valence electrons. The van der Waals surface area contributed by atoms with Crippen molar-refractivity contribution in [1.29, 1.82) is 0 Å². The Hall–Kier alpha value is -1.63. The van der Waals surface area contributed by atoms with Crippen molar-refractivity contribution in [3.8, 4) is 0 Å². The van der Waals surface area contributed by atoms with Gasteiger partial charge in [0.05, 0.1) is 12.7 Å². The summed E-state index contributed by atoms with van der Waals surface area (Å²) >= 11 is 0. The molecule has 3 unspecified atom stereocenters. The highest BCUT2D eigenvalue weighted by Crippen LogP contribution is 2.31. The first-order valence-electron chi connectivity index (χ1n) is 12.3. The van der Waals surface area contributed by atoms with Crippen molar-refractivity contribution < 1.29 is 9.47 Å². The molecule has 0 amide bonds. The first kappa shape index (κ1) is 22.6. The summed E-state index contributed by atoms with van der Waals surface area (Å²) in [7, 11) is 1.91. The molecule has 31 heavy (non-hydrogen) atoms. The van der Waals surface area contributed by atoms with Crippen molar-refractivity contribution in [3.63, 3.8) is 0 Å². The number of hydrogen-bond acceptors (Lipinski definition) is 4. The van der Waals surface area contributed by atoms with Gasteiger partial charge in [-0.1, -0.05) is 30.3 Å². The van der Waals surface area contributed by atoms with E-state index in [1.807, 2.05) is 7.05 Å². The fourth-order valence-corrected chi connectivity index (χ4v) is 5.41. The lowest BCUT2D eigenvalue weighted by molar-refractivity contribution is 0.0167. The van der Waals surface area contributed by atoms with E-state index in [-0.39, 0.29) is 0 Å². The molecule has 3 fully saturated rings. The summed E-state index contributed by atoms with van der Waals surface area (Å²) < 4.78 is 11.4. The van der Waals surface area contributed by atoms with Crippen molar-refractivity contribution in [3.05, 3.63) is 35.9 Å². The van der Waals surface area contributed by atoms with E-state index >= 15 is 0 Å². The third-order valence-electron chi connectivity index (χ3n) is 7.00. The van der Waals surface area contributed by atoms with Gasteiger partial charge in [-0.25, -0.2) is 0 Å². The number of benzene rings is 1. The summed E-state index contributed by atoms with van der Waals surface area (Å²) in [6, 6.07) is 11.6. The highest BCUT2D eigenvalue weighted by atomic mass is 16.5. The molecule has 0 spiro atoms. The van der Waals surface area contributed by atoms with Gasteiger partial charge in [-0.2, -0.15) is 0 Å². The zero-order valence-electron chi connectivity index (χ0n) is 19.2. The second-order valence-electron chi connectivity index (χ2n) is 9.20. The molecule has 3 atom stereocenters. The standard InChI is InChI=1S/C25H40N4O2/c1-26-25(27-13-7-16-30-20-23-11-6-17-31-23)29-15-12-24-22(19-29)10-5-14-28(24)18-21-8-3-2-4-9-21/h2-4,8-9,22-24H,5-7,10-20H2,1H3,(H,26,27). The minimum atomic E-state index is 0.318. The van der Waals surface area contributed by atoms with E-state index in [0.717, 1.165) is 70.7 Å². The number of piperidine rings is 2. The lowest BCUT2D eigenvalue weighted by Crippen LogP contribution is -2.56. The number of nitrogens with one attached hydrogen (secondary N) is 1. The normalized spacial score (nSPS) is 27.3. The van der Waals surface area contributed by atoms with E-state index in [1.165, 1.54) is 37.8 Å². The van der Waals surface area contributed by atoms with Crippen LogP contribution in [0.5, 0.6) is 0 Å². The minimum absolute atomic E-state index is 0.318. The van der Waals surface area contributed by atoms with Crippen molar-refractivity contribution >= 4 is 5.96 Å². The summed E-state index contributed by atoms with van der Waals surface area (Å²) in [6.07, 6.45) is 7.49. The molecule has 6 nitrogen and oxygen atoms in total. The number of aliphatic imine (C=N–C) groups is 1. The summed E-state index contributed by atoms with van der Waals surface area (Å²) in [5.41, 5.74) is 1.43. The first-order valence-corrected chi connectivity index (χ1v) is 12.3. The number of fused-ring (bicyclic) bond motifs is 1. The van der Waals surface area contributed by atoms with Gasteiger partial charge >= 0.3 is 0 Å². The molecule has 3 heterocycles. The van der Waals surface area contributed by atoms with Crippen molar-refractivity contribution in [1.82, 2.24) is 15.1 Å². The lowest BCUT2D eigenvalue weighted by atomic mass is 9.83. The van der Waals surface area contributed by atoms with E-state index in [1.54, 1.807) is 0 Å². The Morgan fingerprint density at radius 2 is 2.06 bits per heavy atom. The van der Waals surface area contributed by atoms with Crippen LogP contribution >= 0.6 is 0 Å². The van der Waals surface area contributed by atoms with Gasteiger partial charge < -0.3 is 19.7 Å². The van der Waals surface area contributed by atoms with Crippen molar-refractivity contribution in [2.24, 2.45) is 10.9 Å². The molecule has 1 aromatic rings. The Morgan fingerprint density at radius 1 is 1.16 bits per heavy atom. The number of hydrogen-bond donors (Lipinski definition) is 1. The Bertz CT molecular complexity index is 677. The molecule has 6 heteroatoms. The molecule has 3 aliphatic heterocycles. The summed E-state index contributed by atoms with van der Waals surface area (Å²) in [5.74, 6) is 1.79. The quantitative estimate of drug-likeness (QED) is 0.392. The van der Waals surface area contributed by atoms with Gasteiger partial charge in [0.15, 0.2) is 5.96 Å². The van der Waals surface area contributed by atoms with Crippen LogP contribution < -0.4 is 5.32 Å². The van der Waals surface area contributed by atoms with Crippen LogP contribution in [-0.2, 0) is 16.0 Å². The average Bonchev–Trinajstić information content (AvgIpc) is 3.33. The summed E-state index contributed by atoms with van der Waals surface area (Å²) in [5, 5.41) is 3.57. The van der Waals surface area contributed by atoms with Crippen LogP contribution in [-0.4, -0.2) is 81.0 Å². The van der Waals surface area contributed by atoms with E-state index in [4.69, 9.17) is 9.47 Å². The Balaban J connectivity index is 1.19. The molecule has 1 N–H and O–H groups in total. The topological polar surface area (TPSA) is 49.3 Å².